The van der Waals surface area contributed by atoms with E-state index in [0.29, 0.717) is 11.4 Å². The number of para-hydroxylation sites is 1. The largest absolute Gasteiger partial charge is 0.397 e. The number of hydrogen-bond acceptors (Lipinski definition) is 2. The molecule has 0 aliphatic carbocycles. The molecule has 0 saturated carbocycles. The molecule has 0 aliphatic rings. The van der Waals surface area contributed by atoms with E-state index in [4.69, 9.17) is 5.73 Å². The minimum absolute atomic E-state index is 0.118. The SMILES string of the molecule is CCCn1cc(N)cc1C(=O)Nc1c(C)cccc1C. The molecule has 4 nitrogen and oxygen atoms in total. The fraction of sp³-hybridized carbons (Fsp3) is 0.312. The summed E-state index contributed by atoms with van der Waals surface area (Å²) in [7, 11) is 0. The van der Waals surface area contributed by atoms with E-state index >= 15 is 0 Å². The summed E-state index contributed by atoms with van der Waals surface area (Å²) >= 11 is 0. The highest BCUT2D eigenvalue weighted by molar-refractivity contribution is 6.04. The maximum Gasteiger partial charge on any atom is 0.272 e. The third kappa shape index (κ3) is 2.85. The van der Waals surface area contributed by atoms with Crippen molar-refractivity contribution >= 4 is 17.3 Å². The summed E-state index contributed by atoms with van der Waals surface area (Å²) in [5, 5.41) is 2.99. The van der Waals surface area contributed by atoms with Gasteiger partial charge in [-0.15, -0.1) is 0 Å². The van der Waals surface area contributed by atoms with E-state index in [2.05, 4.69) is 12.2 Å². The maximum atomic E-state index is 12.4. The Morgan fingerprint density at radius 3 is 2.55 bits per heavy atom. The van der Waals surface area contributed by atoms with Crippen molar-refractivity contribution in [2.45, 2.75) is 33.7 Å². The molecule has 3 N–H and O–H groups in total. The molecule has 0 bridgehead atoms. The fourth-order valence-electron chi connectivity index (χ4n) is 2.34. The number of nitrogen functional groups attached to an aromatic ring is 1. The van der Waals surface area contributed by atoms with Gasteiger partial charge in [0.2, 0.25) is 0 Å². The van der Waals surface area contributed by atoms with Gasteiger partial charge in [-0.1, -0.05) is 25.1 Å². The van der Waals surface area contributed by atoms with Crippen LogP contribution in [-0.2, 0) is 6.54 Å². The third-order valence-electron chi connectivity index (χ3n) is 3.33. The summed E-state index contributed by atoms with van der Waals surface area (Å²) in [4.78, 5) is 12.4. The number of nitrogens with one attached hydrogen (secondary N) is 1. The predicted molar refractivity (Wildman–Crippen MR) is 83.0 cm³/mol. The van der Waals surface area contributed by atoms with Gasteiger partial charge in [0.15, 0.2) is 0 Å². The number of amides is 1. The van der Waals surface area contributed by atoms with Crippen LogP contribution in [0.2, 0.25) is 0 Å². The van der Waals surface area contributed by atoms with Crippen LogP contribution in [0.4, 0.5) is 11.4 Å². The quantitative estimate of drug-likeness (QED) is 0.895. The molecule has 0 aliphatic heterocycles. The molecule has 0 spiro atoms. The molecule has 0 atom stereocenters. The van der Waals surface area contributed by atoms with Crippen molar-refractivity contribution in [2.24, 2.45) is 0 Å². The van der Waals surface area contributed by atoms with Crippen LogP contribution in [0.25, 0.3) is 0 Å². The van der Waals surface area contributed by atoms with Gasteiger partial charge in [0.25, 0.3) is 5.91 Å². The van der Waals surface area contributed by atoms with E-state index < -0.39 is 0 Å². The topological polar surface area (TPSA) is 60.0 Å². The molecular formula is C16H21N3O. The Hall–Kier alpha value is -2.23. The van der Waals surface area contributed by atoms with Crippen molar-refractivity contribution in [1.29, 1.82) is 0 Å². The van der Waals surface area contributed by atoms with Crippen LogP contribution >= 0.6 is 0 Å². The van der Waals surface area contributed by atoms with E-state index in [-0.39, 0.29) is 5.91 Å². The Morgan fingerprint density at radius 1 is 1.30 bits per heavy atom. The Labute approximate surface area is 119 Å². The van der Waals surface area contributed by atoms with Gasteiger partial charge in [-0.05, 0) is 37.5 Å². The summed E-state index contributed by atoms with van der Waals surface area (Å²) in [5.41, 5.74) is 10.0. The summed E-state index contributed by atoms with van der Waals surface area (Å²) < 4.78 is 1.90. The minimum Gasteiger partial charge on any atom is -0.397 e. The lowest BCUT2D eigenvalue weighted by Gasteiger charge is -2.12. The molecule has 0 fully saturated rings. The third-order valence-corrected chi connectivity index (χ3v) is 3.33. The molecular weight excluding hydrogens is 250 g/mol. The molecule has 1 amide bonds. The number of rotatable bonds is 4. The van der Waals surface area contributed by atoms with Gasteiger partial charge < -0.3 is 15.6 Å². The average Bonchev–Trinajstić information content (AvgIpc) is 2.75. The van der Waals surface area contributed by atoms with Crippen LogP contribution in [0.15, 0.2) is 30.5 Å². The monoisotopic (exact) mass is 271 g/mol. The summed E-state index contributed by atoms with van der Waals surface area (Å²) in [6.07, 6.45) is 2.76. The molecule has 1 heterocycles. The van der Waals surface area contributed by atoms with Crippen molar-refractivity contribution in [2.75, 3.05) is 11.1 Å². The van der Waals surface area contributed by atoms with Gasteiger partial charge in [0, 0.05) is 18.4 Å². The van der Waals surface area contributed by atoms with Crippen LogP contribution in [0.5, 0.6) is 0 Å². The normalized spacial score (nSPS) is 10.6. The van der Waals surface area contributed by atoms with Crippen molar-refractivity contribution in [1.82, 2.24) is 4.57 Å². The smallest absolute Gasteiger partial charge is 0.272 e. The lowest BCUT2D eigenvalue weighted by Crippen LogP contribution is -2.18. The molecule has 106 valence electrons. The first-order valence-electron chi connectivity index (χ1n) is 6.86. The van der Waals surface area contributed by atoms with Crippen molar-refractivity contribution in [3.8, 4) is 0 Å². The molecule has 20 heavy (non-hydrogen) atoms. The van der Waals surface area contributed by atoms with E-state index in [1.54, 1.807) is 6.07 Å². The standard InChI is InChI=1S/C16H21N3O/c1-4-8-19-10-13(17)9-14(19)16(20)18-15-11(2)6-5-7-12(15)3/h5-7,9-10H,4,8,17H2,1-3H3,(H,18,20). The highest BCUT2D eigenvalue weighted by atomic mass is 16.1. The summed E-state index contributed by atoms with van der Waals surface area (Å²) in [5.74, 6) is -0.118. The fourth-order valence-corrected chi connectivity index (χ4v) is 2.34. The van der Waals surface area contributed by atoms with Gasteiger partial charge in [-0.25, -0.2) is 0 Å². The molecule has 1 aromatic carbocycles. The van der Waals surface area contributed by atoms with E-state index in [0.717, 1.165) is 29.8 Å². The van der Waals surface area contributed by atoms with Crippen molar-refractivity contribution in [3.05, 3.63) is 47.3 Å². The predicted octanol–water partition coefficient (Wildman–Crippen LogP) is 3.35. The van der Waals surface area contributed by atoms with Crippen LogP contribution in [0, 0.1) is 13.8 Å². The molecule has 2 aromatic rings. The molecule has 1 aromatic heterocycles. The van der Waals surface area contributed by atoms with E-state index in [1.165, 1.54) is 0 Å². The number of aryl methyl sites for hydroxylation is 3. The first-order chi connectivity index (χ1) is 9.52. The van der Waals surface area contributed by atoms with Crippen LogP contribution < -0.4 is 11.1 Å². The van der Waals surface area contributed by atoms with Crippen molar-refractivity contribution in [3.63, 3.8) is 0 Å². The zero-order valence-electron chi connectivity index (χ0n) is 12.2. The zero-order chi connectivity index (χ0) is 14.7. The molecule has 4 heteroatoms. The zero-order valence-corrected chi connectivity index (χ0v) is 12.2. The lowest BCUT2D eigenvalue weighted by molar-refractivity contribution is 0.101. The Bertz CT molecular complexity index is 608. The second kappa shape index (κ2) is 5.82. The number of hydrogen-bond donors (Lipinski definition) is 2. The summed E-state index contributed by atoms with van der Waals surface area (Å²) in [6.45, 7) is 6.83. The number of anilines is 2. The number of aromatic nitrogens is 1. The van der Waals surface area contributed by atoms with Crippen LogP contribution in [-0.4, -0.2) is 10.5 Å². The van der Waals surface area contributed by atoms with Gasteiger partial charge in [-0.3, -0.25) is 4.79 Å². The van der Waals surface area contributed by atoms with E-state index in [1.807, 2.05) is 42.8 Å². The van der Waals surface area contributed by atoms with Gasteiger partial charge in [0.05, 0.1) is 5.69 Å². The highest BCUT2D eigenvalue weighted by Crippen LogP contribution is 2.21. The minimum atomic E-state index is -0.118. The van der Waals surface area contributed by atoms with Crippen LogP contribution in [0.1, 0.15) is 35.0 Å². The van der Waals surface area contributed by atoms with E-state index in [9.17, 15) is 4.79 Å². The lowest BCUT2D eigenvalue weighted by atomic mass is 10.1. The highest BCUT2D eigenvalue weighted by Gasteiger charge is 2.14. The second-order valence-corrected chi connectivity index (χ2v) is 5.07. The second-order valence-electron chi connectivity index (χ2n) is 5.07. The average molecular weight is 271 g/mol. The molecule has 0 radical (unpaired) electrons. The Kier molecular flexibility index (Phi) is 4.13. The first kappa shape index (κ1) is 14.2. The Balaban J connectivity index is 2.28. The van der Waals surface area contributed by atoms with Gasteiger partial charge in [0.1, 0.15) is 5.69 Å². The number of carbonyl (C=O) groups is 1. The molecule has 0 unspecified atom stereocenters. The Morgan fingerprint density at radius 2 is 1.95 bits per heavy atom. The van der Waals surface area contributed by atoms with Gasteiger partial charge in [-0.2, -0.15) is 0 Å². The van der Waals surface area contributed by atoms with Gasteiger partial charge >= 0.3 is 0 Å². The van der Waals surface area contributed by atoms with Crippen LogP contribution in [0.3, 0.4) is 0 Å². The first-order valence-corrected chi connectivity index (χ1v) is 6.86. The molecule has 0 saturated heterocycles. The molecule has 2 rings (SSSR count). The number of carbonyl (C=O) groups excluding carboxylic acids is 1. The summed E-state index contributed by atoms with van der Waals surface area (Å²) in [6, 6.07) is 7.68. The van der Waals surface area contributed by atoms with Crippen molar-refractivity contribution < 1.29 is 4.79 Å². The number of nitrogens with zero attached hydrogens (tertiary/aromatic N) is 1. The number of nitrogens with two attached hydrogens (primary N) is 1. The maximum absolute atomic E-state index is 12.4. The number of benzene rings is 1.